The molecule has 5 aromatic carbocycles. The summed E-state index contributed by atoms with van der Waals surface area (Å²) >= 11 is 0. The quantitative estimate of drug-likeness (QED) is 0.0548. The lowest BCUT2D eigenvalue weighted by Crippen LogP contribution is -2.64. The third-order valence-electron chi connectivity index (χ3n) is 17.5. The topological polar surface area (TPSA) is 26.2 Å². The maximum atomic E-state index is 6.26. The monoisotopic (exact) mass is 941 g/mol. The lowest BCUT2D eigenvalue weighted by atomic mass is 9.62. The van der Waals surface area contributed by atoms with Crippen molar-refractivity contribution in [1.29, 1.82) is 0 Å². The standard InChI is InChI=1S/C66H77BN2O2/c1-10-13-24-51-41-47(5)57(42-46(51)4)53-34-38-56-59(44-53)62-26-19-21-40-69(62)66(11-2,12-3)63(56)60-45-68-39-20-18-25-61(68)58-43-52(33-37-55(58)60)50-31-27-48(28-32-50)22-16-14-15-17-23-49-29-35-54(36-30-49)67-70-64(6,7)65(8,9)71-67/h18-21,25-44,60,63H,10-17,22-24,45H2,1-9H3/q+2. The van der Waals surface area contributed by atoms with Crippen LogP contribution in [0.4, 0.5) is 0 Å². The Morgan fingerprint density at radius 3 is 1.80 bits per heavy atom. The predicted octanol–water partition coefficient (Wildman–Crippen LogP) is 14.9. The molecule has 0 aliphatic carbocycles. The SMILES string of the molecule is CCCCc1cc(C)c(-c2ccc3c(c2)-c2cccc[n+]2C(CC)(CC)C3C2C[n+]3ccccc3-c3cc(-c4ccc(CCCCCCc5ccc(B6OC(C)(C)C(C)(C)O6)cc5)cc4)ccc32)cc1C. The molecule has 5 heteroatoms. The van der Waals surface area contributed by atoms with Crippen LogP contribution in [0.3, 0.4) is 0 Å². The van der Waals surface area contributed by atoms with Gasteiger partial charge in [-0.3, -0.25) is 0 Å². The molecule has 7 aromatic rings. The minimum atomic E-state index is -0.320. The van der Waals surface area contributed by atoms with Crippen molar-refractivity contribution in [3.63, 3.8) is 0 Å². The van der Waals surface area contributed by atoms with Crippen molar-refractivity contribution in [3.05, 3.63) is 185 Å². The number of hydrogen-bond acceptors (Lipinski definition) is 2. The van der Waals surface area contributed by atoms with Gasteiger partial charge in [0.1, 0.15) is 0 Å². The van der Waals surface area contributed by atoms with Crippen molar-refractivity contribution >= 4 is 12.6 Å². The first kappa shape index (κ1) is 49.0. The first-order valence-electron chi connectivity index (χ1n) is 27.3. The van der Waals surface area contributed by atoms with E-state index < -0.39 is 0 Å². The molecule has 0 N–H and O–H groups in total. The molecule has 0 bridgehead atoms. The maximum absolute atomic E-state index is 6.26. The molecule has 1 fully saturated rings. The lowest BCUT2D eigenvalue weighted by molar-refractivity contribution is -0.766. The minimum absolute atomic E-state index is 0.0924. The van der Waals surface area contributed by atoms with Crippen molar-refractivity contribution in [2.24, 2.45) is 0 Å². The second-order valence-corrected chi connectivity index (χ2v) is 22.3. The van der Waals surface area contributed by atoms with Crippen molar-refractivity contribution in [1.82, 2.24) is 0 Å². The van der Waals surface area contributed by atoms with Crippen molar-refractivity contribution in [2.45, 2.75) is 168 Å². The molecule has 71 heavy (non-hydrogen) atoms. The molecule has 2 atom stereocenters. The highest BCUT2D eigenvalue weighted by atomic mass is 16.7. The molecular weight excluding hydrogens is 864 g/mol. The zero-order valence-corrected chi connectivity index (χ0v) is 44.3. The minimum Gasteiger partial charge on any atom is -0.399 e. The third-order valence-corrected chi connectivity index (χ3v) is 17.5. The zero-order chi connectivity index (χ0) is 49.5. The Hall–Kier alpha value is -5.62. The Labute approximate surface area is 426 Å². The lowest BCUT2D eigenvalue weighted by Gasteiger charge is -2.44. The Morgan fingerprint density at radius 2 is 1.13 bits per heavy atom. The fraction of sp³-hybridized carbons (Fsp3) is 0.394. The van der Waals surface area contributed by atoms with Gasteiger partial charge in [0.15, 0.2) is 24.5 Å². The van der Waals surface area contributed by atoms with Crippen molar-refractivity contribution in [3.8, 4) is 44.8 Å². The Morgan fingerprint density at radius 1 is 0.535 bits per heavy atom. The smallest absolute Gasteiger partial charge is 0.399 e. The van der Waals surface area contributed by atoms with E-state index in [2.05, 4.69) is 217 Å². The molecule has 0 spiro atoms. The van der Waals surface area contributed by atoms with Crippen LogP contribution < -0.4 is 14.6 Å². The summed E-state index contributed by atoms with van der Waals surface area (Å²) in [4.78, 5) is 0. The molecule has 3 aliphatic heterocycles. The van der Waals surface area contributed by atoms with Gasteiger partial charge in [-0.05, 0) is 171 Å². The van der Waals surface area contributed by atoms with Gasteiger partial charge in [-0.2, -0.15) is 9.13 Å². The maximum Gasteiger partial charge on any atom is 0.494 e. The number of nitrogens with zero attached hydrogens (tertiary/aromatic N) is 2. The molecule has 2 aromatic heterocycles. The van der Waals surface area contributed by atoms with Crippen LogP contribution in [0.25, 0.3) is 44.8 Å². The number of rotatable bonds is 16. The van der Waals surface area contributed by atoms with Crippen molar-refractivity contribution < 1.29 is 18.4 Å². The fourth-order valence-corrected chi connectivity index (χ4v) is 12.6. The number of aryl methyl sites for hydroxylation is 5. The molecule has 0 radical (unpaired) electrons. The summed E-state index contributed by atoms with van der Waals surface area (Å²) in [6.07, 6.45) is 17.5. The first-order valence-corrected chi connectivity index (χ1v) is 27.3. The van der Waals surface area contributed by atoms with E-state index in [9.17, 15) is 0 Å². The molecule has 2 unspecified atom stereocenters. The Kier molecular flexibility index (Phi) is 13.9. The second-order valence-electron chi connectivity index (χ2n) is 22.3. The fourth-order valence-electron chi connectivity index (χ4n) is 12.6. The summed E-state index contributed by atoms with van der Waals surface area (Å²) < 4.78 is 17.8. The average Bonchev–Trinajstić information content (AvgIpc) is 3.62. The molecular formula is C66H77BN2O2+2. The number of pyridine rings is 2. The van der Waals surface area contributed by atoms with Crippen molar-refractivity contribution in [2.75, 3.05) is 0 Å². The van der Waals surface area contributed by atoms with Gasteiger partial charge >= 0.3 is 7.12 Å². The van der Waals surface area contributed by atoms with Crippen LogP contribution in [0.1, 0.15) is 151 Å². The van der Waals surface area contributed by atoms with Crippen LogP contribution in [-0.2, 0) is 40.7 Å². The molecule has 0 saturated carbocycles. The van der Waals surface area contributed by atoms with Crippen LogP contribution in [-0.4, -0.2) is 18.3 Å². The van der Waals surface area contributed by atoms with Crippen LogP contribution >= 0.6 is 0 Å². The van der Waals surface area contributed by atoms with Crippen LogP contribution in [0.5, 0.6) is 0 Å². The number of benzene rings is 5. The average molecular weight is 941 g/mol. The summed E-state index contributed by atoms with van der Waals surface area (Å²) in [5.41, 5.74) is 21.0. The molecule has 0 amide bonds. The highest BCUT2D eigenvalue weighted by Crippen LogP contribution is 2.55. The van der Waals surface area contributed by atoms with Gasteiger partial charge in [0.2, 0.25) is 11.4 Å². The van der Waals surface area contributed by atoms with Crippen LogP contribution in [0.2, 0.25) is 0 Å². The normalized spacial score (nSPS) is 18.1. The molecule has 5 heterocycles. The van der Waals surface area contributed by atoms with Gasteiger partial charge in [0.25, 0.3) is 0 Å². The molecule has 10 rings (SSSR count). The highest BCUT2D eigenvalue weighted by molar-refractivity contribution is 6.62. The molecule has 3 aliphatic rings. The number of unbranched alkanes of at least 4 members (excludes halogenated alkanes) is 4. The van der Waals surface area contributed by atoms with Crippen LogP contribution in [0, 0.1) is 13.8 Å². The highest BCUT2D eigenvalue weighted by Gasteiger charge is 2.56. The van der Waals surface area contributed by atoms with E-state index in [1.165, 1.54) is 122 Å². The zero-order valence-electron chi connectivity index (χ0n) is 44.3. The van der Waals surface area contributed by atoms with E-state index >= 15 is 0 Å². The predicted molar refractivity (Wildman–Crippen MR) is 295 cm³/mol. The largest absolute Gasteiger partial charge is 0.494 e. The van der Waals surface area contributed by atoms with Gasteiger partial charge < -0.3 is 9.31 Å². The number of hydrogen-bond donors (Lipinski definition) is 0. The first-order chi connectivity index (χ1) is 34.3. The second kappa shape index (κ2) is 20.1. The summed E-state index contributed by atoms with van der Waals surface area (Å²) in [6.45, 7) is 21.1. The molecule has 364 valence electrons. The van der Waals surface area contributed by atoms with Gasteiger partial charge in [-0.15, -0.1) is 0 Å². The summed E-state index contributed by atoms with van der Waals surface area (Å²) in [6, 6.07) is 51.7. The third kappa shape index (κ3) is 9.27. The summed E-state index contributed by atoms with van der Waals surface area (Å²) in [5.74, 6) is 0.548. The van der Waals surface area contributed by atoms with E-state index in [0.717, 1.165) is 44.1 Å². The molecule has 4 nitrogen and oxygen atoms in total. The van der Waals surface area contributed by atoms with Gasteiger partial charge in [-0.1, -0.05) is 125 Å². The Balaban J connectivity index is 0.870. The number of fused-ring (bicyclic) bond motifs is 6. The van der Waals surface area contributed by atoms with Gasteiger partial charge in [-0.25, -0.2) is 0 Å². The summed E-state index contributed by atoms with van der Waals surface area (Å²) in [7, 11) is -0.300. The summed E-state index contributed by atoms with van der Waals surface area (Å²) in [5, 5.41) is 0. The van der Waals surface area contributed by atoms with Gasteiger partial charge in [0.05, 0.1) is 34.2 Å². The van der Waals surface area contributed by atoms with E-state index in [1.54, 1.807) is 0 Å². The Bertz CT molecular complexity index is 3000. The number of aromatic nitrogens is 2. The van der Waals surface area contributed by atoms with E-state index in [0.29, 0.717) is 0 Å². The van der Waals surface area contributed by atoms with E-state index in [1.807, 2.05) is 0 Å². The van der Waals surface area contributed by atoms with E-state index in [-0.39, 0.29) is 35.7 Å². The van der Waals surface area contributed by atoms with Crippen LogP contribution in [0.15, 0.2) is 146 Å². The van der Waals surface area contributed by atoms with Gasteiger partial charge in [0, 0.05) is 37.1 Å². The van der Waals surface area contributed by atoms with E-state index in [4.69, 9.17) is 9.31 Å². The molecule has 1 saturated heterocycles.